The number of anilines is 1. The number of benzene rings is 2. The lowest BCUT2D eigenvalue weighted by Crippen LogP contribution is -2.51. The van der Waals surface area contributed by atoms with Crippen LogP contribution in [0.2, 0.25) is 0 Å². The average Bonchev–Trinajstić information content (AvgIpc) is 3.20. The van der Waals surface area contributed by atoms with Gasteiger partial charge < -0.3 is 15.0 Å². The van der Waals surface area contributed by atoms with E-state index in [4.69, 9.17) is 0 Å². The molecule has 4 aliphatic rings. The van der Waals surface area contributed by atoms with Gasteiger partial charge in [0, 0.05) is 5.69 Å². The Hall–Kier alpha value is -3.15. The molecule has 1 amide bonds. The number of aliphatic carboxylic acids is 1. The molecule has 1 unspecified atom stereocenters. The van der Waals surface area contributed by atoms with Crippen LogP contribution in [0.1, 0.15) is 56.6 Å². The van der Waals surface area contributed by atoms with Crippen molar-refractivity contribution in [1.82, 2.24) is 9.55 Å². The van der Waals surface area contributed by atoms with Gasteiger partial charge in [-0.3, -0.25) is 9.59 Å². The van der Waals surface area contributed by atoms with Crippen molar-refractivity contribution in [2.24, 2.45) is 23.2 Å². The van der Waals surface area contributed by atoms with Crippen LogP contribution in [-0.2, 0) is 9.59 Å². The molecular formula is C27H29N3O3. The lowest BCUT2D eigenvalue weighted by molar-refractivity contribution is -0.140. The van der Waals surface area contributed by atoms with Crippen molar-refractivity contribution >= 4 is 28.6 Å². The molecule has 3 aromatic rings. The summed E-state index contributed by atoms with van der Waals surface area (Å²) >= 11 is 0. The van der Waals surface area contributed by atoms with E-state index in [1.807, 2.05) is 53.1 Å². The Balaban J connectivity index is 1.27. The van der Waals surface area contributed by atoms with Crippen molar-refractivity contribution in [1.29, 1.82) is 0 Å². The molecule has 1 atom stereocenters. The third-order valence-electron chi connectivity index (χ3n) is 8.24. The standard InChI is InChI=1S/C27H29N3O3/c31-25(32)12-24(20-4-2-1-3-5-20)30-16-28-22-11-21(6-7-23(22)30)29-26(33)27-13-17-8-18(14-27)10-19(9-17)15-27/h1-7,11,16-19,24H,8-10,12-15H2,(H,29,33)(H,31,32). The minimum absolute atomic E-state index is 0.0278. The van der Waals surface area contributed by atoms with Crippen molar-refractivity contribution in [3.8, 4) is 0 Å². The maximum Gasteiger partial charge on any atom is 0.305 e. The zero-order valence-corrected chi connectivity index (χ0v) is 18.6. The maximum atomic E-state index is 13.4. The normalized spacial score (nSPS) is 28.7. The maximum absolute atomic E-state index is 13.4. The van der Waals surface area contributed by atoms with Crippen LogP contribution in [-0.4, -0.2) is 26.5 Å². The third-order valence-corrected chi connectivity index (χ3v) is 8.24. The molecule has 0 aliphatic heterocycles. The Morgan fingerprint density at radius 2 is 1.70 bits per heavy atom. The number of hydrogen-bond acceptors (Lipinski definition) is 3. The molecule has 4 aliphatic carbocycles. The van der Waals surface area contributed by atoms with Gasteiger partial charge in [0.05, 0.1) is 35.2 Å². The molecule has 6 nitrogen and oxygen atoms in total. The first-order chi connectivity index (χ1) is 16.0. The number of rotatable bonds is 6. The molecule has 170 valence electrons. The number of carboxylic acid groups (broad SMARTS) is 1. The molecule has 7 rings (SSSR count). The summed E-state index contributed by atoms with van der Waals surface area (Å²) in [6.45, 7) is 0. The number of imidazole rings is 1. The summed E-state index contributed by atoms with van der Waals surface area (Å²) in [5, 5.41) is 12.7. The van der Waals surface area contributed by atoms with E-state index in [9.17, 15) is 14.7 Å². The number of nitrogens with zero attached hydrogens (tertiary/aromatic N) is 2. The Morgan fingerprint density at radius 3 is 2.33 bits per heavy atom. The van der Waals surface area contributed by atoms with Gasteiger partial charge in [-0.2, -0.15) is 0 Å². The number of amides is 1. The highest BCUT2D eigenvalue weighted by Crippen LogP contribution is 2.60. The van der Waals surface area contributed by atoms with Crippen LogP contribution in [0.15, 0.2) is 54.9 Å². The van der Waals surface area contributed by atoms with Crippen molar-refractivity contribution in [2.45, 2.75) is 51.0 Å². The topological polar surface area (TPSA) is 84.2 Å². The summed E-state index contributed by atoms with van der Waals surface area (Å²) in [4.78, 5) is 29.5. The summed E-state index contributed by atoms with van der Waals surface area (Å²) in [6, 6.07) is 15.1. The number of hydrogen-bond donors (Lipinski definition) is 2. The van der Waals surface area contributed by atoms with Crippen molar-refractivity contribution in [3.05, 3.63) is 60.4 Å². The number of nitrogens with one attached hydrogen (secondary N) is 1. The van der Waals surface area contributed by atoms with Crippen LogP contribution in [0, 0.1) is 23.2 Å². The lowest BCUT2D eigenvalue weighted by Gasteiger charge is -2.55. The fourth-order valence-electron chi connectivity index (χ4n) is 7.23. The van der Waals surface area contributed by atoms with Crippen LogP contribution in [0.25, 0.3) is 11.0 Å². The fraction of sp³-hybridized carbons (Fsp3) is 0.444. The van der Waals surface area contributed by atoms with Gasteiger partial charge in [-0.1, -0.05) is 30.3 Å². The van der Waals surface area contributed by atoms with E-state index in [0.29, 0.717) is 0 Å². The van der Waals surface area contributed by atoms with Crippen LogP contribution >= 0.6 is 0 Å². The van der Waals surface area contributed by atoms with Crippen LogP contribution in [0.3, 0.4) is 0 Å². The molecule has 4 bridgehead atoms. The molecule has 4 fully saturated rings. The zero-order chi connectivity index (χ0) is 22.6. The summed E-state index contributed by atoms with van der Waals surface area (Å²) < 4.78 is 1.92. The van der Waals surface area contributed by atoms with E-state index >= 15 is 0 Å². The first kappa shape index (κ1) is 20.5. The number of carbonyl (C=O) groups excluding carboxylic acids is 1. The Bertz CT molecular complexity index is 1180. The van der Waals surface area contributed by atoms with Gasteiger partial charge >= 0.3 is 5.97 Å². The predicted octanol–water partition coefficient (Wildman–Crippen LogP) is 5.26. The molecule has 4 saturated carbocycles. The number of aromatic nitrogens is 2. The van der Waals surface area contributed by atoms with Gasteiger partial charge in [-0.05, 0) is 80.0 Å². The van der Waals surface area contributed by atoms with Gasteiger partial charge in [0.2, 0.25) is 5.91 Å². The monoisotopic (exact) mass is 443 g/mol. The van der Waals surface area contributed by atoms with E-state index in [1.165, 1.54) is 19.3 Å². The SMILES string of the molecule is O=C(O)CC(c1ccccc1)n1cnc2cc(NC(=O)C34CC5CC(CC(C5)C3)C4)ccc21. The molecule has 2 aromatic carbocycles. The average molecular weight is 444 g/mol. The van der Waals surface area contributed by atoms with E-state index in [-0.39, 0.29) is 23.8 Å². The van der Waals surface area contributed by atoms with Gasteiger partial charge in [0.25, 0.3) is 0 Å². The van der Waals surface area contributed by atoms with E-state index in [2.05, 4.69) is 10.3 Å². The van der Waals surface area contributed by atoms with Crippen molar-refractivity contribution in [2.75, 3.05) is 5.32 Å². The second kappa shape index (κ2) is 7.72. The number of carboxylic acids is 1. The first-order valence-electron chi connectivity index (χ1n) is 12.0. The van der Waals surface area contributed by atoms with E-state index in [0.717, 1.165) is 59.3 Å². The quantitative estimate of drug-likeness (QED) is 0.545. The molecule has 0 spiro atoms. The largest absolute Gasteiger partial charge is 0.481 e. The Morgan fingerprint density at radius 1 is 1.03 bits per heavy atom. The van der Waals surface area contributed by atoms with Crippen molar-refractivity contribution < 1.29 is 14.7 Å². The summed E-state index contributed by atoms with van der Waals surface area (Å²) in [6.07, 6.45) is 8.73. The molecule has 33 heavy (non-hydrogen) atoms. The Kier molecular flexibility index (Phi) is 4.78. The van der Waals surface area contributed by atoms with Crippen molar-refractivity contribution in [3.63, 3.8) is 0 Å². The van der Waals surface area contributed by atoms with Crippen LogP contribution in [0.4, 0.5) is 5.69 Å². The van der Waals surface area contributed by atoms with Gasteiger partial charge in [-0.15, -0.1) is 0 Å². The fourth-order valence-corrected chi connectivity index (χ4v) is 7.23. The molecule has 1 aromatic heterocycles. The number of carbonyl (C=O) groups is 2. The second-order valence-electron chi connectivity index (χ2n) is 10.5. The Labute approximate surface area is 193 Å². The van der Waals surface area contributed by atoms with Gasteiger partial charge in [0.15, 0.2) is 0 Å². The minimum atomic E-state index is -0.856. The molecular weight excluding hydrogens is 414 g/mol. The van der Waals surface area contributed by atoms with Crippen LogP contribution in [0.5, 0.6) is 0 Å². The van der Waals surface area contributed by atoms with E-state index in [1.54, 1.807) is 6.33 Å². The second-order valence-corrected chi connectivity index (χ2v) is 10.5. The lowest BCUT2D eigenvalue weighted by atomic mass is 9.49. The number of fused-ring (bicyclic) bond motifs is 1. The zero-order valence-electron chi connectivity index (χ0n) is 18.6. The predicted molar refractivity (Wildman–Crippen MR) is 126 cm³/mol. The van der Waals surface area contributed by atoms with Gasteiger partial charge in [-0.25, -0.2) is 4.98 Å². The first-order valence-corrected chi connectivity index (χ1v) is 12.0. The summed E-state index contributed by atoms with van der Waals surface area (Å²) in [5.41, 5.74) is 3.12. The smallest absolute Gasteiger partial charge is 0.305 e. The molecule has 6 heteroatoms. The molecule has 2 N–H and O–H groups in total. The molecule has 0 radical (unpaired) electrons. The van der Waals surface area contributed by atoms with Gasteiger partial charge in [0.1, 0.15) is 0 Å². The molecule has 0 saturated heterocycles. The minimum Gasteiger partial charge on any atom is -0.481 e. The molecule has 1 heterocycles. The summed E-state index contributed by atoms with van der Waals surface area (Å²) in [7, 11) is 0. The highest BCUT2D eigenvalue weighted by atomic mass is 16.4. The van der Waals surface area contributed by atoms with Crippen LogP contribution < -0.4 is 5.32 Å². The third kappa shape index (κ3) is 3.62. The highest BCUT2D eigenvalue weighted by molar-refractivity contribution is 5.97. The highest BCUT2D eigenvalue weighted by Gasteiger charge is 2.54. The van der Waals surface area contributed by atoms with E-state index < -0.39 is 5.97 Å². The summed E-state index contributed by atoms with van der Waals surface area (Å²) in [5.74, 6) is 1.50.